The monoisotopic (exact) mass is 274 g/mol. The molecule has 2 N–H and O–H groups in total. The number of nitrogens with one attached hydrogen (secondary N) is 2. The van der Waals surface area contributed by atoms with Gasteiger partial charge in [-0.25, -0.2) is 0 Å². The van der Waals surface area contributed by atoms with Crippen molar-refractivity contribution in [3.8, 4) is 0 Å². The van der Waals surface area contributed by atoms with Crippen molar-refractivity contribution in [3.05, 3.63) is 29.3 Å². The lowest BCUT2D eigenvalue weighted by Gasteiger charge is -2.18. The summed E-state index contributed by atoms with van der Waals surface area (Å²) in [5, 5.41) is 6.55. The number of hydrogen-bond acceptors (Lipinski definition) is 2. The third kappa shape index (κ3) is 3.53. The first-order valence-electron chi connectivity index (χ1n) is 7.77. The molecule has 0 radical (unpaired) electrons. The molecule has 0 bridgehead atoms. The molecule has 0 aliphatic heterocycles. The first-order chi connectivity index (χ1) is 9.61. The lowest BCUT2D eigenvalue weighted by atomic mass is 10.0. The molecule has 20 heavy (non-hydrogen) atoms. The summed E-state index contributed by atoms with van der Waals surface area (Å²) in [7, 11) is 0. The minimum atomic E-state index is 0.0638. The summed E-state index contributed by atoms with van der Waals surface area (Å²) < 4.78 is 0. The smallest absolute Gasteiger partial charge is 0.251 e. The van der Waals surface area contributed by atoms with Crippen LogP contribution in [-0.2, 0) is 0 Å². The second kappa shape index (κ2) is 6.78. The predicted molar refractivity (Wildman–Crippen MR) is 84.2 cm³/mol. The Labute approximate surface area is 122 Å². The van der Waals surface area contributed by atoms with Gasteiger partial charge in [0.05, 0.1) is 0 Å². The third-order valence-corrected chi connectivity index (χ3v) is 4.23. The van der Waals surface area contributed by atoms with Gasteiger partial charge in [0.25, 0.3) is 5.91 Å². The minimum Gasteiger partial charge on any atom is -0.385 e. The standard InChI is InChI=1S/C17H26N2O/c1-4-10-18-15-9-8-14(11-13(15)3)17(20)19-16-7-5-6-12(16)2/h8-9,11-12,16,18H,4-7,10H2,1-3H3,(H,19,20). The summed E-state index contributed by atoms with van der Waals surface area (Å²) in [6.07, 6.45) is 4.66. The lowest BCUT2D eigenvalue weighted by molar-refractivity contribution is 0.0929. The Kier molecular flexibility index (Phi) is 5.05. The van der Waals surface area contributed by atoms with Crippen molar-refractivity contribution in [3.63, 3.8) is 0 Å². The van der Waals surface area contributed by atoms with Crippen molar-refractivity contribution in [1.82, 2.24) is 5.32 Å². The molecule has 2 unspecified atom stereocenters. The molecule has 3 heteroatoms. The highest BCUT2D eigenvalue weighted by Gasteiger charge is 2.25. The van der Waals surface area contributed by atoms with Gasteiger partial charge in [0.1, 0.15) is 0 Å². The second-order valence-corrected chi connectivity index (χ2v) is 5.94. The van der Waals surface area contributed by atoms with Crippen LogP contribution in [0.15, 0.2) is 18.2 Å². The van der Waals surface area contributed by atoms with E-state index < -0.39 is 0 Å². The molecule has 0 saturated heterocycles. The van der Waals surface area contributed by atoms with Crippen LogP contribution < -0.4 is 10.6 Å². The summed E-state index contributed by atoms with van der Waals surface area (Å²) >= 11 is 0. The van der Waals surface area contributed by atoms with Crippen LogP contribution in [0.2, 0.25) is 0 Å². The summed E-state index contributed by atoms with van der Waals surface area (Å²) in [5.41, 5.74) is 3.02. The highest BCUT2D eigenvalue weighted by atomic mass is 16.1. The number of amides is 1. The number of rotatable bonds is 5. The molecular formula is C17H26N2O. The Morgan fingerprint density at radius 1 is 1.35 bits per heavy atom. The second-order valence-electron chi connectivity index (χ2n) is 5.94. The lowest BCUT2D eigenvalue weighted by Crippen LogP contribution is -2.36. The highest BCUT2D eigenvalue weighted by Crippen LogP contribution is 2.25. The molecule has 1 aromatic carbocycles. The molecule has 1 fully saturated rings. The van der Waals surface area contributed by atoms with Crippen molar-refractivity contribution >= 4 is 11.6 Å². The zero-order valence-corrected chi connectivity index (χ0v) is 12.8. The Bertz CT molecular complexity index is 470. The number of anilines is 1. The maximum absolute atomic E-state index is 12.3. The van der Waals surface area contributed by atoms with Crippen LogP contribution in [0.3, 0.4) is 0 Å². The van der Waals surface area contributed by atoms with Gasteiger partial charge in [-0.3, -0.25) is 4.79 Å². The summed E-state index contributed by atoms with van der Waals surface area (Å²) in [5.74, 6) is 0.666. The average molecular weight is 274 g/mol. The van der Waals surface area contributed by atoms with Crippen LogP contribution in [0, 0.1) is 12.8 Å². The van der Waals surface area contributed by atoms with Gasteiger partial charge < -0.3 is 10.6 Å². The van der Waals surface area contributed by atoms with Gasteiger partial charge in [-0.15, -0.1) is 0 Å². The molecule has 2 rings (SSSR count). The predicted octanol–water partition coefficient (Wildman–Crippen LogP) is 3.74. The molecule has 0 spiro atoms. The number of carbonyl (C=O) groups is 1. The fraction of sp³-hybridized carbons (Fsp3) is 0.588. The van der Waals surface area contributed by atoms with Crippen molar-refractivity contribution in [2.75, 3.05) is 11.9 Å². The van der Waals surface area contributed by atoms with E-state index in [0.717, 1.165) is 36.2 Å². The van der Waals surface area contributed by atoms with E-state index in [1.54, 1.807) is 0 Å². The van der Waals surface area contributed by atoms with Crippen LogP contribution in [0.5, 0.6) is 0 Å². The number of hydrogen-bond donors (Lipinski definition) is 2. The topological polar surface area (TPSA) is 41.1 Å². The van der Waals surface area contributed by atoms with Crippen LogP contribution in [0.25, 0.3) is 0 Å². The first-order valence-corrected chi connectivity index (χ1v) is 7.77. The molecule has 0 aromatic heterocycles. The Morgan fingerprint density at radius 2 is 2.15 bits per heavy atom. The molecule has 110 valence electrons. The number of benzene rings is 1. The van der Waals surface area contributed by atoms with Gasteiger partial charge >= 0.3 is 0 Å². The summed E-state index contributed by atoms with van der Waals surface area (Å²) in [6, 6.07) is 6.26. The van der Waals surface area contributed by atoms with E-state index in [1.165, 1.54) is 12.8 Å². The first kappa shape index (κ1) is 14.9. The van der Waals surface area contributed by atoms with Crippen LogP contribution in [-0.4, -0.2) is 18.5 Å². The van der Waals surface area contributed by atoms with E-state index in [2.05, 4.69) is 24.5 Å². The van der Waals surface area contributed by atoms with Crippen LogP contribution in [0.4, 0.5) is 5.69 Å². The molecule has 2 atom stereocenters. The van der Waals surface area contributed by atoms with Gasteiger partial charge in [0.2, 0.25) is 0 Å². The van der Waals surface area contributed by atoms with Crippen molar-refractivity contribution < 1.29 is 4.79 Å². The quantitative estimate of drug-likeness (QED) is 0.859. The molecule has 1 aliphatic carbocycles. The zero-order chi connectivity index (χ0) is 14.5. The van der Waals surface area contributed by atoms with Gasteiger partial charge in [-0.1, -0.05) is 20.3 Å². The molecule has 1 amide bonds. The molecule has 0 heterocycles. The van der Waals surface area contributed by atoms with E-state index in [9.17, 15) is 4.79 Å². The minimum absolute atomic E-state index is 0.0638. The molecule has 3 nitrogen and oxygen atoms in total. The Hall–Kier alpha value is -1.51. The van der Waals surface area contributed by atoms with E-state index in [-0.39, 0.29) is 5.91 Å². The largest absolute Gasteiger partial charge is 0.385 e. The Balaban J connectivity index is 2.01. The zero-order valence-electron chi connectivity index (χ0n) is 12.8. The van der Waals surface area contributed by atoms with E-state index in [0.29, 0.717) is 12.0 Å². The molecular weight excluding hydrogens is 248 g/mol. The van der Waals surface area contributed by atoms with E-state index >= 15 is 0 Å². The number of carbonyl (C=O) groups excluding carboxylic acids is 1. The summed E-state index contributed by atoms with van der Waals surface area (Å²) in [6.45, 7) is 7.38. The van der Waals surface area contributed by atoms with Crippen molar-refractivity contribution in [1.29, 1.82) is 0 Å². The molecule has 1 aromatic rings. The van der Waals surface area contributed by atoms with E-state index in [1.807, 2.05) is 25.1 Å². The normalized spacial score (nSPS) is 21.8. The third-order valence-electron chi connectivity index (χ3n) is 4.23. The Morgan fingerprint density at radius 3 is 2.75 bits per heavy atom. The van der Waals surface area contributed by atoms with E-state index in [4.69, 9.17) is 0 Å². The van der Waals surface area contributed by atoms with Crippen LogP contribution >= 0.6 is 0 Å². The number of aryl methyl sites for hydroxylation is 1. The van der Waals surface area contributed by atoms with Crippen LogP contribution in [0.1, 0.15) is 55.5 Å². The van der Waals surface area contributed by atoms with Gasteiger partial charge in [0.15, 0.2) is 0 Å². The maximum atomic E-state index is 12.3. The maximum Gasteiger partial charge on any atom is 0.251 e. The van der Waals surface area contributed by atoms with Gasteiger partial charge in [-0.05, 0) is 55.9 Å². The molecule has 1 aliphatic rings. The van der Waals surface area contributed by atoms with Crippen molar-refractivity contribution in [2.45, 2.75) is 52.5 Å². The highest BCUT2D eigenvalue weighted by molar-refractivity contribution is 5.95. The van der Waals surface area contributed by atoms with Gasteiger partial charge in [-0.2, -0.15) is 0 Å². The fourth-order valence-corrected chi connectivity index (χ4v) is 2.87. The van der Waals surface area contributed by atoms with Gasteiger partial charge in [0, 0.05) is 23.8 Å². The van der Waals surface area contributed by atoms with Crippen molar-refractivity contribution in [2.24, 2.45) is 5.92 Å². The molecule has 1 saturated carbocycles. The average Bonchev–Trinajstić information content (AvgIpc) is 2.83. The summed E-state index contributed by atoms with van der Waals surface area (Å²) in [4.78, 5) is 12.3. The fourth-order valence-electron chi connectivity index (χ4n) is 2.87. The SMILES string of the molecule is CCCNc1ccc(C(=O)NC2CCCC2C)cc1C.